The zero-order chi connectivity index (χ0) is 23.4. The molecule has 1 aliphatic carbocycles. The van der Waals surface area contributed by atoms with Crippen LogP contribution in [0.15, 0.2) is 60.9 Å². The Hall–Kier alpha value is -3.43. The van der Waals surface area contributed by atoms with E-state index in [2.05, 4.69) is 15.5 Å². The van der Waals surface area contributed by atoms with Crippen molar-refractivity contribution < 1.29 is 23.8 Å². The van der Waals surface area contributed by atoms with Crippen molar-refractivity contribution in [2.45, 2.75) is 37.3 Å². The largest absolute Gasteiger partial charge is 0.497 e. The fourth-order valence-corrected chi connectivity index (χ4v) is 4.28. The quantitative estimate of drug-likeness (QED) is 0.483. The van der Waals surface area contributed by atoms with E-state index in [0.717, 1.165) is 11.3 Å². The van der Waals surface area contributed by atoms with Gasteiger partial charge in [-0.05, 0) is 36.9 Å². The van der Waals surface area contributed by atoms with Crippen LogP contribution in [0.25, 0.3) is 0 Å². The molecule has 0 saturated heterocycles. The molecule has 0 bridgehead atoms. The highest BCUT2D eigenvalue weighted by Gasteiger charge is 2.46. The number of aromatic amines is 1. The second kappa shape index (κ2) is 10.0. The average molecular weight is 455 g/mol. The van der Waals surface area contributed by atoms with Crippen molar-refractivity contribution in [3.63, 3.8) is 0 Å². The van der Waals surface area contributed by atoms with E-state index in [9.17, 15) is 14.3 Å². The molecule has 1 aliphatic rings. The summed E-state index contributed by atoms with van der Waals surface area (Å²) in [4.78, 5) is 14.7. The number of carbonyl (C=O) groups is 1. The van der Waals surface area contributed by atoms with E-state index < -0.39 is 30.1 Å². The molecule has 1 heterocycles. The molecule has 2 aromatic carbocycles. The number of halogens is 1. The van der Waals surface area contributed by atoms with Crippen LogP contribution in [0.5, 0.6) is 11.5 Å². The van der Waals surface area contributed by atoms with E-state index in [-0.39, 0.29) is 5.91 Å². The molecule has 1 saturated carbocycles. The number of aliphatic hydroxyl groups is 1. The van der Waals surface area contributed by atoms with Gasteiger partial charge in [-0.25, -0.2) is 4.39 Å². The van der Waals surface area contributed by atoms with Crippen molar-refractivity contribution in [1.82, 2.24) is 20.4 Å². The number of benzene rings is 2. The second-order valence-electron chi connectivity index (χ2n) is 8.16. The Balaban J connectivity index is 1.53. The van der Waals surface area contributed by atoms with Gasteiger partial charge >= 0.3 is 0 Å². The van der Waals surface area contributed by atoms with Crippen LogP contribution in [-0.4, -0.2) is 64.6 Å². The van der Waals surface area contributed by atoms with Gasteiger partial charge in [0.05, 0.1) is 31.0 Å². The summed E-state index contributed by atoms with van der Waals surface area (Å²) in [5.41, 5.74) is 1.43. The maximum Gasteiger partial charge on any atom is 0.254 e. The van der Waals surface area contributed by atoms with Crippen LogP contribution in [0, 0.1) is 5.82 Å². The van der Waals surface area contributed by atoms with Crippen LogP contribution in [0.3, 0.4) is 0 Å². The van der Waals surface area contributed by atoms with E-state index >= 15 is 0 Å². The van der Waals surface area contributed by atoms with Crippen LogP contribution < -0.4 is 14.8 Å². The first-order chi connectivity index (χ1) is 15.9. The molecule has 0 aliphatic heterocycles. The Kier molecular flexibility index (Phi) is 6.90. The summed E-state index contributed by atoms with van der Waals surface area (Å²) < 4.78 is 24.8. The highest BCUT2D eigenvalue weighted by atomic mass is 19.1. The molecular weight excluding hydrogens is 427 g/mol. The number of nitrogens with one attached hydrogen (secondary N) is 2. The SMILES string of the molecule is COc1ccc(CN(C)[C@@H]2[C@@H](O)[C@H](Oc3cccc(F)c3)C[C@H]2NC(=O)c2cn[nH]c2)cc1. The second-order valence-corrected chi connectivity index (χ2v) is 8.16. The Morgan fingerprint density at radius 3 is 2.73 bits per heavy atom. The third-order valence-corrected chi connectivity index (χ3v) is 5.89. The first kappa shape index (κ1) is 22.8. The summed E-state index contributed by atoms with van der Waals surface area (Å²) in [5, 5.41) is 20.6. The summed E-state index contributed by atoms with van der Waals surface area (Å²) in [6.45, 7) is 0.538. The molecule has 4 atom stereocenters. The lowest BCUT2D eigenvalue weighted by molar-refractivity contribution is 0.0124. The maximum absolute atomic E-state index is 13.6. The number of aliphatic hydroxyl groups excluding tert-OH is 1. The first-order valence-electron chi connectivity index (χ1n) is 10.7. The number of H-pyrrole nitrogens is 1. The van der Waals surface area contributed by atoms with Gasteiger partial charge in [0.25, 0.3) is 5.91 Å². The zero-order valence-electron chi connectivity index (χ0n) is 18.4. The minimum Gasteiger partial charge on any atom is -0.497 e. The van der Waals surface area contributed by atoms with Crippen LogP contribution in [0.1, 0.15) is 22.3 Å². The Morgan fingerprint density at radius 1 is 1.27 bits per heavy atom. The minimum absolute atomic E-state index is 0.296. The molecule has 33 heavy (non-hydrogen) atoms. The van der Waals surface area contributed by atoms with Gasteiger partial charge in [-0.15, -0.1) is 0 Å². The number of aromatic nitrogens is 2. The number of carbonyl (C=O) groups excluding carboxylic acids is 1. The zero-order valence-corrected chi connectivity index (χ0v) is 18.4. The smallest absolute Gasteiger partial charge is 0.254 e. The van der Waals surface area contributed by atoms with Crippen LogP contribution in [0.2, 0.25) is 0 Å². The van der Waals surface area contributed by atoms with E-state index in [0.29, 0.717) is 24.3 Å². The van der Waals surface area contributed by atoms with Crippen molar-refractivity contribution in [3.8, 4) is 11.5 Å². The molecule has 1 amide bonds. The number of methoxy groups -OCH3 is 1. The van der Waals surface area contributed by atoms with Crippen molar-refractivity contribution in [1.29, 1.82) is 0 Å². The van der Waals surface area contributed by atoms with Gasteiger partial charge in [0, 0.05) is 25.2 Å². The fraction of sp³-hybridized carbons (Fsp3) is 0.333. The Morgan fingerprint density at radius 2 is 2.06 bits per heavy atom. The van der Waals surface area contributed by atoms with Crippen LogP contribution >= 0.6 is 0 Å². The predicted molar refractivity (Wildman–Crippen MR) is 120 cm³/mol. The van der Waals surface area contributed by atoms with Gasteiger partial charge in [0.1, 0.15) is 29.5 Å². The molecule has 1 fully saturated rings. The van der Waals surface area contributed by atoms with E-state index in [4.69, 9.17) is 9.47 Å². The van der Waals surface area contributed by atoms with Crippen molar-refractivity contribution >= 4 is 5.91 Å². The van der Waals surface area contributed by atoms with Gasteiger partial charge in [-0.3, -0.25) is 14.8 Å². The van der Waals surface area contributed by atoms with Crippen molar-refractivity contribution in [3.05, 3.63) is 77.9 Å². The summed E-state index contributed by atoms with van der Waals surface area (Å²) in [6.07, 6.45) is 1.78. The minimum atomic E-state index is -0.911. The molecule has 3 N–H and O–H groups in total. The molecule has 0 radical (unpaired) electrons. The van der Waals surface area contributed by atoms with E-state index in [1.807, 2.05) is 36.2 Å². The standard InChI is InChI=1S/C24H27FN4O4/c1-29(14-15-6-8-18(32-2)9-7-15)22-20(28-24(31)16-12-26-27-13-16)11-21(23(22)30)33-19-5-3-4-17(25)10-19/h3-10,12-13,20-23,30H,11,14H2,1-2H3,(H,26,27)(H,28,31)/t20-,21-,22+,23+/m1/s1. The van der Waals surface area contributed by atoms with E-state index in [1.54, 1.807) is 19.2 Å². The van der Waals surface area contributed by atoms with Crippen molar-refractivity contribution in [2.24, 2.45) is 0 Å². The molecule has 0 unspecified atom stereocenters. The van der Waals surface area contributed by atoms with E-state index in [1.165, 1.54) is 24.5 Å². The highest BCUT2D eigenvalue weighted by molar-refractivity contribution is 5.93. The van der Waals surface area contributed by atoms with Gasteiger partial charge < -0.3 is 19.9 Å². The average Bonchev–Trinajstić information content (AvgIpc) is 3.43. The normalized spacial score (nSPS) is 22.3. The number of rotatable bonds is 8. The molecule has 8 nitrogen and oxygen atoms in total. The lowest BCUT2D eigenvalue weighted by Gasteiger charge is -2.32. The molecule has 9 heteroatoms. The highest BCUT2D eigenvalue weighted by Crippen LogP contribution is 2.30. The topological polar surface area (TPSA) is 99.7 Å². The molecule has 0 spiro atoms. The first-order valence-corrected chi connectivity index (χ1v) is 10.7. The molecule has 1 aromatic heterocycles. The summed E-state index contributed by atoms with van der Waals surface area (Å²) in [7, 11) is 3.50. The number of hydrogen-bond acceptors (Lipinski definition) is 6. The van der Waals surface area contributed by atoms with Gasteiger partial charge in [-0.2, -0.15) is 5.10 Å². The molecule has 3 aromatic rings. The van der Waals surface area contributed by atoms with Gasteiger partial charge in [0.2, 0.25) is 0 Å². The predicted octanol–water partition coefficient (Wildman–Crippen LogP) is 2.37. The monoisotopic (exact) mass is 454 g/mol. The van der Waals surface area contributed by atoms with Gasteiger partial charge in [0.15, 0.2) is 0 Å². The third kappa shape index (κ3) is 5.32. The number of likely N-dealkylation sites (N-methyl/N-ethyl adjacent to an activating group) is 1. The number of hydrogen-bond donors (Lipinski definition) is 3. The lowest BCUT2D eigenvalue weighted by Crippen LogP contribution is -2.51. The maximum atomic E-state index is 13.6. The Bertz CT molecular complexity index is 1060. The third-order valence-electron chi connectivity index (χ3n) is 5.89. The van der Waals surface area contributed by atoms with Crippen molar-refractivity contribution in [2.75, 3.05) is 14.2 Å². The fourth-order valence-electron chi connectivity index (χ4n) is 4.28. The lowest BCUT2D eigenvalue weighted by atomic mass is 10.1. The number of nitrogens with zero attached hydrogens (tertiary/aromatic N) is 2. The van der Waals surface area contributed by atoms with Gasteiger partial charge in [-0.1, -0.05) is 18.2 Å². The summed E-state index contributed by atoms with van der Waals surface area (Å²) >= 11 is 0. The number of amides is 1. The summed E-state index contributed by atoms with van der Waals surface area (Å²) in [5.74, 6) is 0.377. The van der Waals surface area contributed by atoms with Crippen LogP contribution in [0.4, 0.5) is 4.39 Å². The number of ether oxygens (including phenoxy) is 2. The van der Waals surface area contributed by atoms with Crippen LogP contribution in [-0.2, 0) is 6.54 Å². The molecule has 174 valence electrons. The molecular formula is C24H27FN4O4. The summed E-state index contributed by atoms with van der Waals surface area (Å²) in [6, 6.07) is 12.6. The molecule has 4 rings (SSSR count). The Labute approximate surface area is 191 Å².